The molecule has 0 saturated carbocycles. The van der Waals surface area contributed by atoms with Crippen LogP contribution < -0.4 is 25.9 Å². The minimum Gasteiger partial charge on any atom is -0.458 e. The van der Waals surface area contributed by atoms with Crippen LogP contribution in [0.4, 0.5) is 0 Å². The molecule has 8 heterocycles. The minimum absolute atomic E-state index is 0.242. The van der Waals surface area contributed by atoms with Crippen molar-refractivity contribution in [2.24, 2.45) is 0 Å². The molecule has 12 heteroatoms. The van der Waals surface area contributed by atoms with E-state index >= 15 is 0 Å². The second-order valence-corrected chi connectivity index (χ2v) is 21.4. The third-order valence-corrected chi connectivity index (χ3v) is 17.1. The monoisotopic (exact) mass is 1050 g/mol. The summed E-state index contributed by atoms with van der Waals surface area (Å²) in [4.78, 5) is 21.9. The molecule has 0 radical (unpaired) electrons. The van der Waals surface area contributed by atoms with Crippen LogP contribution in [0.25, 0.3) is 128 Å². The smallest absolute Gasteiger partial charge is 0.260 e. The number of fused-ring (bicyclic) bond motifs is 19. The van der Waals surface area contributed by atoms with Crippen molar-refractivity contribution in [1.82, 2.24) is 42.6 Å². The molecule has 0 fully saturated rings. The Labute approximate surface area is 466 Å². The van der Waals surface area contributed by atoms with Crippen molar-refractivity contribution < 1.29 is 9.47 Å². The maximum absolute atomic E-state index is 7.21. The molecular weight excluding hydrogens is 1010 g/mol. The summed E-state index contributed by atoms with van der Waals surface area (Å²) in [5.41, 5.74) is 16.0. The summed E-state index contributed by atoms with van der Waals surface area (Å²) in [6.07, 6.45) is 0. The van der Waals surface area contributed by atoms with E-state index in [1.165, 1.54) is 0 Å². The summed E-state index contributed by atoms with van der Waals surface area (Å²) in [6.45, 7) is -0.242. The number of nitrogens with zero attached hydrogens (tertiary/aromatic N) is 9. The van der Waals surface area contributed by atoms with Gasteiger partial charge in [-0.1, -0.05) is 146 Å². The topological polar surface area (TPSA) is 94.2 Å². The number of hydrogen-bond donors (Lipinski definition) is 0. The summed E-state index contributed by atoms with van der Waals surface area (Å²) < 4.78 is 25.5. The van der Waals surface area contributed by atoms with Gasteiger partial charge in [-0.15, -0.1) is 0 Å². The SMILES string of the molecule is c1ccc(-n2c3ccccc3n3c4ccc5c6ccccc6n(-c6cc7c8c(c6)Oc6ccc(-c9nc(-n%10c%11ccccc%11c%11ccccc%11%10)nc(-n%10c%11ccccc%11c%11ccccc%11%10)n9)cc6B8c6ccccc6O7)c5c4nc23)cc1. The van der Waals surface area contributed by atoms with Crippen LogP contribution in [-0.4, -0.2) is 49.3 Å². The van der Waals surface area contributed by atoms with Gasteiger partial charge in [0.25, 0.3) is 6.71 Å². The maximum atomic E-state index is 7.21. The van der Waals surface area contributed by atoms with E-state index < -0.39 is 0 Å². The number of ether oxygens (including phenoxy) is 2. The molecule has 0 spiro atoms. The number of hydrogen-bond acceptors (Lipinski definition) is 6. The van der Waals surface area contributed by atoms with E-state index in [9.17, 15) is 0 Å². The van der Waals surface area contributed by atoms with Gasteiger partial charge in [0.15, 0.2) is 5.82 Å². The highest BCUT2D eigenvalue weighted by atomic mass is 16.5. The molecule has 2 aliphatic rings. The molecule has 19 rings (SSSR count). The van der Waals surface area contributed by atoms with Crippen LogP contribution in [0.2, 0.25) is 0 Å². The van der Waals surface area contributed by atoms with Crippen molar-refractivity contribution in [2.45, 2.75) is 0 Å². The molecule has 17 aromatic rings. The van der Waals surface area contributed by atoms with E-state index in [-0.39, 0.29) is 6.71 Å². The molecule has 0 unspecified atom stereocenters. The number of rotatable bonds is 5. The van der Waals surface area contributed by atoms with Gasteiger partial charge in [-0.05, 0) is 95.9 Å². The molecule has 0 aliphatic carbocycles. The van der Waals surface area contributed by atoms with Crippen molar-refractivity contribution >= 4 is 116 Å². The first-order chi connectivity index (χ1) is 40.7. The molecule has 0 amide bonds. The highest BCUT2D eigenvalue weighted by Crippen LogP contribution is 2.43. The van der Waals surface area contributed by atoms with E-state index in [1.54, 1.807) is 0 Å². The van der Waals surface area contributed by atoms with Gasteiger partial charge in [-0.25, -0.2) is 4.98 Å². The van der Waals surface area contributed by atoms with Crippen LogP contribution in [0.1, 0.15) is 0 Å². The van der Waals surface area contributed by atoms with Gasteiger partial charge < -0.3 is 14.0 Å². The van der Waals surface area contributed by atoms with Gasteiger partial charge in [0.05, 0.1) is 55.3 Å². The lowest BCUT2D eigenvalue weighted by Crippen LogP contribution is -2.57. The van der Waals surface area contributed by atoms with E-state index in [2.05, 4.69) is 259 Å². The Kier molecular flexibility index (Phi) is 8.63. The zero-order chi connectivity index (χ0) is 53.3. The van der Waals surface area contributed by atoms with Crippen LogP contribution in [0.3, 0.4) is 0 Å². The third-order valence-electron chi connectivity index (χ3n) is 17.1. The molecule has 0 atom stereocenters. The maximum Gasteiger partial charge on any atom is 0.260 e. The van der Waals surface area contributed by atoms with Crippen LogP contribution in [-0.2, 0) is 0 Å². The first kappa shape index (κ1) is 43.7. The molecule has 380 valence electrons. The average Bonchev–Trinajstić information content (AvgIpc) is 2.06. The van der Waals surface area contributed by atoms with Crippen molar-refractivity contribution in [3.05, 3.63) is 243 Å². The number of benzene rings is 11. The molecule has 0 bridgehead atoms. The Balaban J connectivity index is 0.821. The molecular formula is C70H40BN9O2. The zero-order valence-electron chi connectivity index (χ0n) is 43.5. The summed E-state index contributed by atoms with van der Waals surface area (Å²) in [7, 11) is 0. The fraction of sp³-hybridized carbons (Fsp3) is 0. The predicted octanol–water partition coefficient (Wildman–Crippen LogP) is 14.3. The van der Waals surface area contributed by atoms with Crippen LogP contribution >= 0.6 is 0 Å². The Hall–Kier alpha value is -11.2. The molecule has 11 nitrogen and oxygen atoms in total. The lowest BCUT2D eigenvalue weighted by molar-refractivity contribution is 0.464. The lowest BCUT2D eigenvalue weighted by atomic mass is 9.34. The van der Waals surface area contributed by atoms with E-state index in [1.807, 2.05) is 6.07 Å². The van der Waals surface area contributed by atoms with Crippen molar-refractivity contribution in [1.29, 1.82) is 0 Å². The van der Waals surface area contributed by atoms with Gasteiger partial charge >= 0.3 is 0 Å². The molecule has 82 heavy (non-hydrogen) atoms. The average molecular weight is 1050 g/mol. The minimum atomic E-state index is -0.242. The Morgan fingerprint density at radius 1 is 0.317 bits per heavy atom. The van der Waals surface area contributed by atoms with E-state index in [4.69, 9.17) is 29.4 Å². The Morgan fingerprint density at radius 3 is 1.43 bits per heavy atom. The highest BCUT2D eigenvalue weighted by Gasteiger charge is 2.41. The lowest BCUT2D eigenvalue weighted by Gasteiger charge is -2.33. The number of aromatic nitrogens is 9. The first-order valence-electron chi connectivity index (χ1n) is 27.6. The normalized spacial score (nSPS) is 12.8. The molecule has 11 aromatic carbocycles. The first-order valence-corrected chi connectivity index (χ1v) is 27.6. The van der Waals surface area contributed by atoms with Crippen molar-refractivity contribution in [3.63, 3.8) is 0 Å². The van der Waals surface area contributed by atoms with Gasteiger partial charge in [-0.3, -0.25) is 18.1 Å². The highest BCUT2D eigenvalue weighted by molar-refractivity contribution is 6.98. The fourth-order valence-corrected chi connectivity index (χ4v) is 13.7. The summed E-state index contributed by atoms with van der Waals surface area (Å²) >= 11 is 0. The third kappa shape index (κ3) is 5.88. The molecule has 6 aromatic heterocycles. The number of para-hydroxylation sites is 9. The van der Waals surface area contributed by atoms with E-state index in [0.717, 1.165) is 150 Å². The molecule has 2 aliphatic heterocycles. The van der Waals surface area contributed by atoms with Crippen LogP contribution in [0, 0.1) is 0 Å². The fourth-order valence-electron chi connectivity index (χ4n) is 13.7. The quantitative estimate of drug-likeness (QED) is 0.159. The van der Waals surface area contributed by atoms with Crippen LogP contribution in [0.15, 0.2) is 243 Å². The standard InChI is InChI=1S/C70H40BN9O2/c1-2-18-42(19-3-1)77-57-31-15-16-32-58(57)80-59-36-35-49-48-24-8-10-26-52(48)76(66(49)65(59)72-70(77)80)43-39-62-64-63(40-43)82-61-37-34-41(38-51(61)71(64)50-25-9-17-33-60(50)81-62)67-73-68(78-53-27-11-4-20-44(53)45-21-5-12-28-54(45)78)75-69(74-67)79-55-29-13-6-22-46(55)47-23-7-14-30-56(47)79/h1-40H. The van der Waals surface area contributed by atoms with E-state index in [0.29, 0.717) is 17.7 Å². The van der Waals surface area contributed by atoms with Crippen LogP contribution in [0.5, 0.6) is 23.0 Å². The Morgan fingerprint density at radius 2 is 0.817 bits per heavy atom. The summed E-state index contributed by atoms with van der Waals surface area (Å²) in [5.74, 6) is 5.41. The molecule has 0 N–H and O–H groups in total. The second-order valence-electron chi connectivity index (χ2n) is 21.4. The van der Waals surface area contributed by atoms with Gasteiger partial charge in [0.2, 0.25) is 17.7 Å². The van der Waals surface area contributed by atoms with Gasteiger partial charge in [0, 0.05) is 61.2 Å². The Bertz CT molecular complexity index is 5380. The number of imidazole rings is 2. The predicted molar refractivity (Wildman–Crippen MR) is 329 cm³/mol. The summed E-state index contributed by atoms with van der Waals surface area (Å²) in [6, 6.07) is 85.1. The zero-order valence-corrected chi connectivity index (χ0v) is 43.5. The summed E-state index contributed by atoms with van der Waals surface area (Å²) in [5, 5.41) is 6.73. The van der Waals surface area contributed by atoms with Crippen molar-refractivity contribution in [3.8, 4) is 57.7 Å². The van der Waals surface area contributed by atoms with Gasteiger partial charge in [0.1, 0.15) is 28.5 Å². The van der Waals surface area contributed by atoms with Gasteiger partial charge in [-0.2, -0.15) is 15.0 Å². The molecule has 0 saturated heterocycles. The largest absolute Gasteiger partial charge is 0.458 e. The van der Waals surface area contributed by atoms with Crippen molar-refractivity contribution in [2.75, 3.05) is 0 Å². The second kappa shape index (κ2) is 16.2.